The fraction of sp³-hybridized carbons (Fsp3) is 0.350. The molecule has 0 spiro atoms. The van der Waals surface area contributed by atoms with Crippen molar-refractivity contribution in [2.45, 2.75) is 32.3 Å². The van der Waals surface area contributed by atoms with E-state index >= 15 is 0 Å². The molecule has 3 rings (SSSR count). The average Bonchev–Trinajstić information content (AvgIpc) is 3.14. The average molecular weight is 325 g/mol. The van der Waals surface area contributed by atoms with E-state index in [4.69, 9.17) is 9.47 Å². The van der Waals surface area contributed by atoms with Crippen molar-refractivity contribution in [3.63, 3.8) is 0 Å². The molecule has 0 saturated carbocycles. The van der Waals surface area contributed by atoms with Gasteiger partial charge in [-0.3, -0.25) is 4.79 Å². The highest BCUT2D eigenvalue weighted by Gasteiger charge is 2.18. The van der Waals surface area contributed by atoms with Crippen molar-refractivity contribution < 1.29 is 14.3 Å². The minimum absolute atomic E-state index is 0.127. The van der Waals surface area contributed by atoms with Crippen LogP contribution >= 0.6 is 0 Å². The lowest BCUT2D eigenvalue weighted by molar-refractivity contribution is 0.0673. The third-order valence-electron chi connectivity index (χ3n) is 4.17. The summed E-state index contributed by atoms with van der Waals surface area (Å²) in [6.07, 6.45) is 3.15. The molecule has 0 aliphatic carbocycles. The highest BCUT2D eigenvalue weighted by atomic mass is 16.5. The third-order valence-corrected chi connectivity index (χ3v) is 4.17. The highest BCUT2D eigenvalue weighted by Crippen LogP contribution is 2.22. The normalized spacial score (nSPS) is 16.8. The van der Waals surface area contributed by atoms with Crippen LogP contribution < -0.4 is 10.1 Å². The van der Waals surface area contributed by atoms with Crippen LogP contribution in [-0.4, -0.2) is 25.2 Å². The Kier molecular flexibility index (Phi) is 5.49. The molecule has 1 aliphatic heterocycles. The number of amides is 1. The van der Waals surface area contributed by atoms with Crippen molar-refractivity contribution in [2.75, 3.05) is 18.5 Å². The fourth-order valence-electron chi connectivity index (χ4n) is 2.81. The minimum Gasteiger partial charge on any atom is -0.490 e. The Balaban J connectivity index is 1.69. The highest BCUT2D eigenvalue weighted by molar-refractivity contribution is 6.06. The first kappa shape index (κ1) is 16.5. The van der Waals surface area contributed by atoms with E-state index in [1.54, 1.807) is 6.07 Å². The van der Waals surface area contributed by atoms with Gasteiger partial charge in [-0.25, -0.2) is 0 Å². The van der Waals surface area contributed by atoms with E-state index < -0.39 is 0 Å². The molecule has 4 nitrogen and oxygen atoms in total. The molecule has 1 atom stereocenters. The quantitative estimate of drug-likeness (QED) is 0.871. The minimum atomic E-state index is -0.161. The number of benzene rings is 2. The van der Waals surface area contributed by atoms with E-state index in [1.165, 1.54) is 5.56 Å². The molecule has 0 bridgehead atoms. The zero-order chi connectivity index (χ0) is 16.8. The molecule has 2 aromatic carbocycles. The molecule has 1 heterocycles. The molecule has 24 heavy (non-hydrogen) atoms. The van der Waals surface area contributed by atoms with Gasteiger partial charge in [0.2, 0.25) is 0 Å². The molecular weight excluding hydrogens is 302 g/mol. The lowest BCUT2D eigenvalue weighted by Crippen LogP contribution is -2.19. The molecule has 2 aromatic rings. The van der Waals surface area contributed by atoms with Gasteiger partial charge in [-0.1, -0.05) is 31.2 Å². The predicted octanol–water partition coefficient (Wildman–Crippen LogP) is 4.06. The van der Waals surface area contributed by atoms with Gasteiger partial charge in [0.15, 0.2) is 0 Å². The second kappa shape index (κ2) is 7.97. The monoisotopic (exact) mass is 325 g/mol. The lowest BCUT2D eigenvalue weighted by Gasteiger charge is -2.14. The summed E-state index contributed by atoms with van der Waals surface area (Å²) in [6.45, 7) is 3.37. The van der Waals surface area contributed by atoms with Crippen LogP contribution in [0.15, 0.2) is 48.5 Å². The largest absolute Gasteiger partial charge is 0.490 e. The summed E-state index contributed by atoms with van der Waals surface area (Å²) in [5.74, 6) is 0.434. The molecule has 126 valence electrons. The fourth-order valence-corrected chi connectivity index (χ4v) is 2.81. The number of carbonyl (C=O) groups is 1. The van der Waals surface area contributed by atoms with E-state index in [0.29, 0.717) is 17.9 Å². The van der Waals surface area contributed by atoms with E-state index in [-0.39, 0.29) is 12.0 Å². The Morgan fingerprint density at radius 2 is 2.12 bits per heavy atom. The van der Waals surface area contributed by atoms with Crippen LogP contribution in [0.25, 0.3) is 0 Å². The molecule has 1 saturated heterocycles. The number of rotatable bonds is 6. The smallest absolute Gasteiger partial charge is 0.259 e. The molecular formula is C20H23NO3. The van der Waals surface area contributed by atoms with Crippen LogP contribution in [0.5, 0.6) is 5.75 Å². The molecule has 1 aliphatic rings. The Bertz CT molecular complexity index is 693. The third kappa shape index (κ3) is 4.15. The first-order valence-corrected chi connectivity index (χ1v) is 8.50. The van der Waals surface area contributed by atoms with Crippen LogP contribution in [-0.2, 0) is 11.2 Å². The standard InChI is InChI=1S/C20H23NO3/c1-2-15-7-5-8-16(13-15)21-20(22)18-10-3-4-11-19(18)24-14-17-9-6-12-23-17/h3-5,7-8,10-11,13,17H,2,6,9,12,14H2,1H3,(H,21,22)/t17-/m1/s1. The maximum Gasteiger partial charge on any atom is 0.259 e. The summed E-state index contributed by atoms with van der Waals surface area (Å²) in [5, 5.41) is 2.95. The van der Waals surface area contributed by atoms with Crippen LogP contribution in [0.4, 0.5) is 5.69 Å². The number of anilines is 1. The number of ether oxygens (including phenoxy) is 2. The SMILES string of the molecule is CCc1cccc(NC(=O)c2ccccc2OC[C@H]2CCCO2)c1. The number of para-hydroxylation sites is 1. The lowest BCUT2D eigenvalue weighted by atomic mass is 10.1. The van der Waals surface area contributed by atoms with Gasteiger partial charge in [0, 0.05) is 12.3 Å². The molecule has 1 fully saturated rings. The van der Waals surface area contributed by atoms with Gasteiger partial charge in [-0.05, 0) is 49.1 Å². The van der Waals surface area contributed by atoms with Crippen molar-refractivity contribution in [3.05, 3.63) is 59.7 Å². The second-order valence-corrected chi connectivity index (χ2v) is 5.95. The number of aryl methyl sites for hydroxylation is 1. The zero-order valence-corrected chi connectivity index (χ0v) is 14.0. The molecule has 0 aromatic heterocycles. The van der Waals surface area contributed by atoms with Crippen LogP contribution in [0.1, 0.15) is 35.7 Å². The van der Waals surface area contributed by atoms with E-state index in [2.05, 4.69) is 12.2 Å². The Morgan fingerprint density at radius 1 is 1.25 bits per heavy atom. The van der Waals surface area contributed by atoms with Gasteiger partial charge in [-0.15, -0.1) is 0 Å². The molecule has 0 unspecified atom stereocenters. The summed E-state index contributed by atoms with van der Waals surface area (Å²) >= 11 is 0. The van der Waals surface area contributed by atoms with Crippen molar-refractivity contribution in [1.29, 1.82) is 0 Å². The van der Waals surface area contributed by atoms with Crippen LogP contribution in [0, 0.1) is 0 Å². The number of nitrogens with one attached hydrogen (secondary N) is 1. The first-order valence-electron chi connectivity index (χ1n) is 8.50. The van der Waals surface area contributed by atoms with Gasteiger partial charge >= 0.3 is 0 Å². The van der Waals surface area contributed by atoms with Gasteiger partial charge in [0.05, 0.1) is 11.7 Å². The Labute approximate surface area is 142 Å². The molecule has 4 heteroatoms. The first-order chi connectivity index (χ1) is 11.8. The van der Waals surface area contributed by atoms with Crippen LogP contribution in [0.3, 0.4) is 0 Å². The molecule has 1 amide bonds. The Morgan fingerprint density at radius 3 is 2.92 bits per heavy atom. The van der Waals surface area contributed by atoms with Crippen molar-refractivity contribution >= 4 is 11.6 Å². The maximum absolute atomic E-state index is 12.6. The summed E-state index contributed by atoms with van der Waals surface area (Å²) in [7, 11) is 0. The van der Waals surface area contributed by atoms with E-state index in [9.17, 15) is 4.79 Å². The van der Waals surface area contributed by atoms with Crippen molar-refractivity contribution in [1.82, 2.24) is 0 Å². The second-order valence-electron chi connectivity index (χ2n) is 5.95. The molecule has 0 radical (unpaired) electrons. The maximum atomic E-state index is 12.6. The number of hydrogen-bond acceptors (Lipinski definition) is 3. The van der Waals surface area contributed by atoms with Crippen molar-refractivity contribution in [3.8, 4) is 5.75 Å². The van der Waals surface area contributed by atoms with Gasteiger partial charge < -0.3 is 14.8 Å². The summed E-state index contributed by atoms with van der Waals surface area (Å²) < 4.78 is 11.4. The van der Waals surface area contributed by atoms with Crippen molar-refractivity contribution in [2.24, 2.45) is 0 Å². The number of carbonyl (C=O) groups excluding carboxylic acids is 1. The van der Waals surface area contributed by atoms with Crippen LogP contribution in [0.2, 0.25) is 0 Å². The van der Waals surface area contributed by atoms with Gasteiger partial charge in [-0.2, -0.15) is 0 Å². The van der Waals surface area contributed by atoms with Gasteiger partial charge in [0.1, 0.15) is 12.4 Å². The summed E-state index contributed by atoms with van der Waals surface area (Å²) in [5.41, 5.74) is 2.53. The topological polar surface area (TPSA) is 47.6 Å². The summed E-state index contributed by atoms with van der Waals surface area (Å²) in [4.78, 5) is 12.6. The van der Waals surface area contributed by atoms with Gasteiger partial charge in [0.25, 0.3) is 5.91 Å². The van der Waals surface area contributed by atoms with E-state index in [0.717, 1.165) is 31.6 Å². The summed E-state index contributed by atoms with van der Waals surface area (Å²) in [6, 6.07) is 15.2. The zero-order valence-electron chi connectivity index (χ0n) is 14.0. The molecule has 1 N–H and O–H groups in total. The predicted molar refractivity (Wildman–Crippen MR) is 94.7 cm³/mol. The Hall–Kier alpha value is -2.33. The van der Waals surface area contributed by atoms with E-state index in [1.807, 2.05) is 42.5 Å². The number of hydrogen-bond donors (Lipinski definition) is 1.